The van der Waals surface area contributed by atoms with E-state index < -0.39 is 0 Å². The molecule has 3 N–H and O–H groups in total. The third kappa shape index (κ3) is 6.08. The normalized spacial score (nSPS) is 18.5. The van der Waals surface area contributed by atoms with E-state index in [2.05, 4.69) is 24.1 Å². The van der Waals surface area contributed by atoms with Crippen molar-refractivity contribution in [2.24, 2.45) is 5.73 Å². The maximum atomic E-state index is 11.8. The van der Waals surface area contributed by atoms with Gasteiger partial charge in [-0.05, 0) is 20.3 Å². The van der Waals surface area contributed by atoms with Crippen molar-refractivity contribution in [3.8, 4) is 0 Å². The second-order valence-electron chi connectivity index (χ2n) is 5.52. The molecule has 19 heavy (non-hydrogen) atoms. The van der Waals surface area contributed by atoms with Gasteiger partial charge in [0.2, 0.25) is 5.91 Å². The zero-order valence-electron chi connectivity index (χ0n) is 12.3. The second-order valence-corrected chi connectivity index (χ2v) is 5.52. The van der Waals surface area contributed by atoms with Gasteiger partial charge in [-0.1, -0.05) is 13.3 Å². The molecule has 1 atom stereocenters. The Hall–Kier alpha value is -0.360. The van der Waals surface area contributed by atoms with Crippen LogP contribution in [0.1, 0.15) is 33.6 Å². The van der Waals surface area contributed by atoms with Crippen molar-refractivity contribution in [2.45, 2.75) is 45.2 Å². The summed E-state index contributed by atoms with van der Waals surface area (Å²) >= 11 is 0. The van der Waals surface area contributed by atoms with E-state index in [4.69, 9.17) is 10.5 Å². The molecule has 6 heteroatoms. The van der Waals surface area contributed by atoms with Gasteiger partial charge >= 0.3 is 0 Å². The number of carbonyl (C=O) groups excluding carboxylic acids is 1. The fourth-order valence-electron chi connectivity index (χ4n) is 2.16. The van der Waals surface area contributed by atoms with Crippen LogP contribution in [0.4, 0.5) is 0 Å². The predicted octanol–water partition coefficient (Wildman–Crippen LogP) is 0.763. The lowest BCUT2D eigenvalue weighted by Gasteiger charge is -2.41. The van der Waals surface area contributed by atoms with Crippen LogP contribution < -0.4 is 11.1 Å². The molecule has 1 aliphatic rings. The van der Waals surface area contributed by atoms with Crippen molar-refractivity contribution in [1.82, 2.24) is 10.2 Å². The molecule has 0 aromatic heterocycles. The van der Waals surface area contributed by atoms with Crippen molar-refractivity contribution in [1.29, 1.82) is 0 Å². The zero-order valence-corrected chi connectivity index (χ0v) is 13.1. The molecule has 0 aliphatic carbocycles. The van der Waals surface area contributed by atoms with E-state index in [0.717, 1.165) is 39.1 Å². The van der Waals surface area contributed by atoms with Crippen LogP contribution in [0, 0.1) is 0 Å². The number of amides is 1. The predicted molar refractivity (Wildman–Crippen MR) is 79.6 cm³/mol. The van der Waals surface area contributed by atoms with Crippen molar-refractivity contribution >= 4 is 18.3 Å². The molecule has 5 nitrogen and oxygen atoms in total. The molecule has 1 fully saturated rings. The van der Waals surface area contributed by atoms with Crippen LogP contribution in [0.15, 0.2) is 0 Å². The minimum absolute atomic E-state index is 0. The largest absolute Gasteiger partial charge is 0.379 e. The van der Waals surface area contributed by atoms with Gasteiger partial charge in [0.25, 0.3) is 0 Å². The van der Waals surface area contributed by atoms with E-state index >= 15 is 0 Å². The first kappa shape index (κ1) is 18.6. The monoisotopic (exact) mass is 293 g/mol. The number of rotatable bonds is 6. The highest BCUT2D eigenvalue weighted by atomic mass is 35.5. The summed E-state index contributed by atoms with van der Waals surface area (Å²) in [7, 11) is 0. The molecule has 1 rings (SSSR count). The SMILES string of the molecule is CCCC(N)C(=O)NCC(C)(C)N1CCOCC1.Cl. The minimum atomic E-state index is -0.379. The van der Waals surface area contributed by atoms with Crippen molar-refractivity contribution in [2.75, 3.05) is 32.8 Å². The first-order valence-electron chi connectivity index (χ1n) is 6.83. The van der Waals surface area contributed by atoms with E-state index in [0.29, 0.717) is 6.54 Å². The van der Waals surface area contributed by atoms with Crippen LogP contribution >= 0.6 is 12.4 Å². The third-order valence-corrected chi connectivity index (χ3v) is 3.50. The number of nitrogens with one attached hydrogen (secondary N) is 1. The highest BCUT2D eigenvalue weighted by molar-refractivity contribution is 5.85. The number of hydrogen-bond donors (Lipinski definition) is 2. The van der Waals surface area contributed by atoms with Crippen molar-refractivity contribution in [3.63, 3.8) is 0 Å². The molecule has 1 unspecified atom stereocenters. The van der Waals surface area contributed by atoms with Crippen LogP contribution in [0.25, 0.3) is 0 Å². The van der Waals surface area contributed by atoms with Gasteiger partial charge in [0, 0.05) is 25.2 Å². The van der Waals surface area contributed by atoms with Crippen LogP contribution in [0.3, 0.4) is 0 Å². The van der Waals surface area contributed by atoms with Crippen LogP contribution in [0.5, 0.6) is 0 Å². The third-order valence-electron chi connectivity index (χ3n) is 3.50. The summed E-state index contributed by atoms with van der Waals surface area (Å²) in [5, 5.41) is 2.96. The number of ether oxygens (including phenoxy) is 1. The van der Waals surface area contributed by atoms with E-state index in [1.54, 1.807) is 0 Å². The fourth-order valence-corrected chi connectivity index (χ4v) is 2.16. The van der Waals surface area contributed by atoms with Gasteiger partial charge in [-0.25, -0.2) is 0 Å². The number of carbonyl (C=O) groups is 1. The Bertz CT molecular complexity index is 269. The lowest BCUT2D eigenvalue weighted by atomic mass is 10.0. The van der Waals surface area contributed by atoms with Gasteiger partial charge < -0.3 is 15.8 Å². The number of nitrogens with zero attached hydrogens (tertiary/aromatic N) is 1. The minimum Gasteiger partial charge on any atom is -0.379 e. The second kappa shape index (κ2) is 8.74. The van der Waals surface area contributed by atoms with E-state index in [1.165, 1.54) is 0 Å². The zero-order chi connectivity index (χ0) is 13.6. The summed E-state index contributed by atoms with van der Waals surface area (Å²) in [6.45, 7) is 10.3. The molecule has 1 heterocycles. The first-order valence-corrected chi connectivity index (χ1v) is 6.83. The number of halogens is 1. The first-order chi connectivity index (χ1) is 8.47. The highest BCUT2D eigenvalue weighted by Crippen LogP contribution is 2.15. The molecule has 0 bridgehead atoms. The van der Waals surface area contributed by atoms with E-state index in [1.807, 2.05) is 6.92 Å². The number of hydrogen-bond acceptors (Lipinski definition) is 4. The van der Waals surface area contributed by atoms with E-state index in [9.17, 15) is 4.79 Å². The van der Waals surface area contributed by atoms with Gasteiger partial charge in [0.05, 0.1) is 19.3 Å². The Morgan fingerprint density at radius 1 is 1.42 bits per heavy atom. The Balaban J connectivity index is 0.00000324. The van der Waals surface area contributed by atoms with Gasteiger partial charge in [-0.15, -0.1) is 12.4 Å². The summed E-state index contributed by atoms with van der Waals surface area (Å²) in [4.78, 5) is 14.1. The van der Waals surface area contributed by atoms with Crippen LogP contribution in [-0.2, 0) is 9.53 Å². The Kier molecular flexibility index (Phi) is 8.57. The van der Waals surface area contributed by atoms with Gasteiger partial charge in [0.1, 0.15) is 0 Å². The summed E-state index contributed by atoms with van der Waals surface area (Å²) < 4.78 is 5.34. The summed E-state index contributed by atoms with van der Waals surface area (Å²) in [6.07, 6.45) is 1.67. The van der Waals surface area contributed by atoms with Gasteiger partial charge in [0.15, 0.2) is 0 Å². The molecular formula is C13H28ClN3O2. The molecule has 0 radical (unpaired) electrons. The molecule has 0 aromatic rings. The Labute approximate surface area is 122 Å². The number of morpholine rings is 1. The maximum Gasteiger partial charge on any atom is 0.236 e. The van der Waals surface area contributed by atoms with Crippen molar-refractivity contribution < 1.29 is 9.53 Å². The van der Waals surface area contributed by atoms with Gasteiger partial charge in [-0.3, -0.25) is 9.69 Å². The standard InChI is InChI=1S/C13H27N3O2.ClH/c1-4-5-11(14)12(17)15-10-13(2,3)16-6-8-18-9-7-16;/h11H,4-10,14H2,1-3H3,(H,15,17);1H. The van der Waals surface area contributed by atoms with Crippen LogP contribution in [0.2, 0.25) is 0 Å². The molecule has 0 spiro atoms. The molecule has 1 aliphatic heterocycles. The average molecular weight is 294 g/mol. The molecule has 0 saturated carbocycles. The lowest BCUT2D eigenvalue weighted by Crippen LogP contribution is -2.56. The van der Waals surface area contributed by atoms with E-state index in [-0.39, 0.29) is 29.9 Å². The molecule has 1 amide bonds. The molecule has 0 aromatic carbocycles. The topological polar surface area (TPSA) is 67.6 Å². The Morgan fingerprint density at radius 2 is 2.00 bits per heavy atom. The summed E-state index contributed by atoms with van der Waals surface area (Å²) in [6, 6.07) is -0.379. The Morgan fingerprint density at radius 3 is 2.53 bits per heavy atom. The van der Waals surface area contributed by atoms with Crippen LogP contribution in [-0.4, -0.2) is 55.2 Å². The molecule has 114 valence electrons. The smallest absolute Gasteiger partial charge is 0.236 e. The highest BCUT2D eigenvalue weighted by Gasteiger charge is 2.29. The summed E-state index contributed by atoms with van der Waals surface area (Å²) in [5.41, 5.74) is 5.74. The molecular weight excluding hydrogens is 266 g/mol. The van der Waals surface area contributed by atoms with Crippen molar-refractivity contribution in [3.05, 3.63) is 0 Å². The number of nitrogens with two attached hydrogens (primary N) is 1. The average Bonchev–Trinajstić information content (AvgIpc) is 2.37. The quantitative estimate of drug-likeness (QED) is 0.759. The maximum absolute atomic E-state index is 11.8. The molecule has 1 saturated heterocycles. The van der Waals surface area contributed by atoms with Gasteiger partial charge in [-0.2, -0.15) is 0 Å². The summed E-state index contributed by atoms with van der Waals surface area (Å²) in [5.74, 6) is -0.0433. The lowest BCUT2D eigenvalue weighted by molar-refractivity contribution is -0.123. The fraction of sp³-hybridized carbons (Fsp3) is 0.923.